The fourth-order valence-corrected chi connectivity index (χ4v) is 4.78. The molecule has 1 aromatic heterocycles. The molecule has 0 radical (unpaired) electrons. The fraction of sp³-hybridized carbons (Fsp3) is 0.636. The van der Waals surface area contributed by atoms with Crippen LogP contribution in [0.5, 0.6) is 5.75 Å². The summed E-state index contributed by atoms with van der Waals surface area (Å²) in [7, 11) is 0. The van der Waals surface area contributed by atoms with E-state index >= 15 is 0 Å². The molecule has 0 aliphatic heterocycles. The maximum atomic E-state index is 12.7. The van der Waals surface area contributed by atoms with Gasteiger partial charge in [0.05, 0.1) is 6.61 Å². The molecule has 0 aliphatic rings. The van der Waals surface area contributed by atoms with Crippen molar-refractivity contribution < 1.29 is 38.1 Å². The zero-order valence-electron chi connectivity index (χ0n) is 24.4. The number of carbonyl (C=O) groups excluding carboxylic acids is 1. The maximum Gasteiger partial charge on any atom is 0.251 e. The Hall–Kier alpha value is -1.63. The van der Waals surface area contributed by atoms with Gasteiger partial charge in [-0.25, -0.2) is 4.57 Å². The van der Waals surface area contributed by atoms with Crippen molar-refractivity contribution >= 4 is 5.91 Å². The fourth-order valence-electron chi connectivity index (χ4n) is 4.78. The summed E-state index contributed by atoms with van der Waals surface area (Å²) in [6.45, 7) is 8.70. The lowest BCUT2D eigenvalue weighted by molar-refractivity contribution is -0.694. The van der Waals surface area contributed by atoms with E-state index in [1.165, 1.54) is 83.5 Å². The number of unbranched alkanes of at least 4 members (excludes halogenated alkanes) is 13. The third-order valence-corrected chi connectivity index (χ3v) is 7.20. The van der Waals surface area contributed by atoms with E-state index in [0.717, 1.165) is 42.9 Å². The molecule has 1 aromatic carbocycles. The van der Waals surface area contributed by atoms with Crippen molar-refractivity contribution in [3.63, 3.8) is 0 Å². The largest absolute Gasteiger partial charge is 1.00 e. The van der Waals surface area contributed by atoms with Gasteiger partial charge in [-0.3, -0.25) is 4.79 Å². The molecule has 38 heavy (non-hydrogen) atoms. The van der Waals surface area contributed by atoms with Gasteiger partial charge >= 0.3 is 0 Å². The Morgan fingerprint density at radius 2 is 1.42 bits per heavy atom. The average Bonchev–Trinajstić information content (AvgIpc) is 2.93. The first kappa shape index (κ1) is 34.4. The van der Waals surface area contributed by atoms with Crippen LogP contribution < -0.4 is 38.6 Å². The van der Waals surface area contributed by atoms with Crippen LogP contribution in [-0.2, 0) is 19.5 Å². The molecule has 2 rings (SSSR count). The van der Waals surface area contributed by atoms with Crippen molar-refractivity contribution in [3.05, 3.63) is 59.4 Å². The smallest absolute Gasteiger partial charge is 0.251 e. The van der Waals surface area contributed by atoms with Crippen LogP contribution in [0.4, 0.5) is 0 Å². The highest BCUT2D eigenvalue weighted by atomic mass is 127. The van der Waals surface area contributed by atoms with Gasteiger partial charge in [0.25, 0.3) is 5.91 Å². The van der Waals surface area contributed by atoms with Crippen LogP contribution in [0.2, 0.25) is 0 Å². The van der Waals surface area contributed by atoms with Gasteiger partial charge in [-0.2, -0.15) is 0 Å². The highest BCUT2D eigenvalue weighted by Crippen LogP contribution is 2.22. The summed E-state index contributed by atoms with van der Waals surface area (Å²) in [6.07, 6.45) is 24.0. The number of rotatable bonds is 21. The van der Waals surface area contributed by atoms with E-state index in [-0.39, 0.29) is 29.9 Å². The SMILES string of the molecule is CCCCCCCCCCCCCCCCOc1ccc(C(=O)NCc2ccc[n+](CC)c2)cc1CC.[I-]. The quantitative estimate of drug-likeness (QED) is 0.114. The van der Waals surface area contributed by atoms with Crippen molar-refractivity contribution in [3.8, 4) is 5.75 Å². The molecule has 1 N–H and O–H groups in total. The van der Waals surface area contributed by atoms with Gasteiger partial charge in [-0.05, 0) is 49.6 Å². The standard InChI is InChI=1S/C33H52N2O2.HI/c1-4-7-8-9-10-11-12-13-14-15-16-17-18-19-25-37-32-23-22-31(26-30(32)5-2)33(36)34-27-29-21-20-24-35(6-3)28-29;/h20-24,26,28H,4-19,25,27H2,1-3H3;1H. The van der Waals surface area contributed by atoms with Gasteiger partial charge < -0.3 is 34.0 Å². The summed E-state index contributed by atoms with van der Waals surface area (Å²) in [4.78, 5) is 12.7. The van der Waals surface area contributed by atoms with E-state index in [2.05, 4.69) is 36.9 Å². The van der Waals surface area contributed by atoms with E-state index < -0.39 is 0 Å². The maximum absolute atomic E-state index is 12.7. The highest BCUT2D eigenvalue weighted by Gasteiger charge is 2.11. The summed E-state index contributed by atoms with van der Waals surface area (Å²) >= 11 is 0. The minimum absolute atomic E-state index is 0. The van der Waals surface area contributed by atoms with Crippen LogP contribution in [0.3, 0.4) is 0 Å². The molecule has 0 fully saturated rings. The minimum Gasteiger partial charge on any atom is -1.00 e. The lowest BCUT2D eigenvalue weighted by Crippen LogP contribution is -3.00. The molecule has 0 unspecified atom stereocenters. The highest BCUT2D eigenvalue weighted by molar-refractivity contribution is 5.94. The summed E-state index contributed by atoms with van der Waals surface area (Å²) in [6, 6.07) is 9.88. The first-order chi connectivity index (χ1) is 18.2. The molecule has 1 heterocycles. The Morgan fingerprint density at radius 1 is 0.816 bits per heavy atom. The number of hydrogen-bond donors (Lipinski definition) is 1. The zero-order valence-corrected chi connectivity index (χ0v) is 26.6. The van der Waals surface area contributed by atoms with Crippen molar-refractivity contribution in [2.45, 2.75) is 130 Å². The van der Waals surface area contributed by atoms with Crippen LogP contribution in [0.1, 0.15) is 132 Å². The van der Waals surface area contributed by atoms with Gasteiger partial charge in [0.15, 0.2) is 12.4 Å². The number of aromatic nitrogens is 1. The number of hydrogen-bond acceptors (Lipinski definition) is 2. The second-order valence-electron chi connectivity index (χ2n) is 10.3. The van der Waals surface area contributed by atoms with Crippen molar-refractivity contribution in [2.75, 3.05) is 6.61 Å². The molecule has 214 valence electrons. The van der Waals surface area contributed by atoms with Crippen LogP contribution in [-0.4, -0.2) is 12.5 Å². The molecule has 0 saturated carbocycles. The summed E-state index contributed by atoms with van der Waals surface area (Å²) < 4.78 is 8.20. The third-order valence-electron chi connectivity index (χ3n) is 7.20. The van der Waals surface area contributed by atoms with E-state index in [1.54, 1.807) is 0 Å². The average molecular weight is 637 g/mol. The number of ether oxygens (including phenoxy) is 1. The number of nitrogens with zero attached hydrogens (tertiary/aromatic N) is 1. The molecule has 0 bridgehead atoms. The Labute approximate surface area is 250 Å². The van der Waals surface area contributed by atoms with Gasteiger partial charge in [0.1, 0.15) is 12.3 Å². The van der Waals surface area contributed by atoms with Gasteiger partial charge in [-0.15, -0.1) is 0 Å². The molecule has 0 saturated heterocycles. The predicted octanol–water partition coefficient (Wildman–Crippen LogP) is 5.35. The molecule has 0 atom stereocenters. The third kappa shape index (κ3) is 14.5. The second kappa shape index (κ2) is 22.2. The zero-order chi connectivity index (χ0) is 26.6. The van der Waals surface area contributed by atoms with E-state index in [9.17, 15) is 4.79 Å². The molecule has 4 nitrogen and oxygen atoms in total. The predicted molar refractivity (Wildman–Crippen MR) is 155 cm³/mol. The van der Waals surface area contributed by atoms with Crippen molar-refractivity contribution in [1.82, 2.24) is 5.32 Å². The van der Waals surface area contributed by atoms with E-state index in [1.807, 2.05) is 36.5 Å². The second-order valence-corrected chi connectivity index (χ2v) is 10.3. The number of aryl methyl sites for hydroxylation is 2. The number of nitrogens with one attached hydrogen (secondary N) is 1. The Morgan fingerprint density at radius 3 is 2.00 bits per heavy atom. The molecule has 0 aliphatic carbocycles. The number of pyridine rings is 1. The normalized spacial score (nSPS) is 10.7. The Bertz CT molecular complexity index is 887. The molecule has 0 spiro atoms. The van der Waals surface area contributed by atoms with Gasteiger partial charge in [0, 0.05) is 23.7 Å². The van der Waals surface area contributed by atoms with Crippen molar-refractivity contribution in [2.24, 2.45) is 0 Å². The summed E-state index contributed by atoms with van der Waals surface area (Å²) in [5.74, 6) is 0.876. The topological polar surface area (TPSA) is 42.2 Å². The van der Waals surface area contributed by atoms with Gasteiger partial charge in [-0.1, -0.05) is 97.3 Å². The Kier molecular flexibility index (Phi) is 20.1. The van der Waals surface area contributed by atoms with E-state index in [0.29, 0.717) is 12.1 Å². The van der Waals surface area contributed by atoms with Crippen molar-refractivity contribution in [1.29, 1.82) is 0 Å². The molecular weight excluding hydrogens is 583 g/mol. The minimum atomic E-state index is -0.0416. The molecule has 2 aromatic rings. The number of carbonyl (C=O) groups is 1. The van der Waals surface area contributed by atoms with Gasteiger partial charge in [0.2, 0.25) is 0 Å². The summed E-state index contributed by atoms with van der Waals surface area (Å²) in [5, 5.41) is 3.04. The molecule has 1 amide bonds. The van der Waals surface area contributed by atoms with Crippen LogP contribution in [0.25, 0.3) is 0 Å². The Balaban J connectivity index is 0.00000722. The lowest BCUT2D eigenvalue weighted by atomic mass is 10.0. The molecular formula is C33H53IN2O2. The number of halogens is 1. The summed E-state index contributed by atoms with van der Waals surface area (Å²) in [5.41, 5.74) is 2.89. The first-order valence-corrected chi connectivity index (χ1v) is 15.2. The number of benzene rings is 1. The number of amides is 1. The lowest BCUT2D eigenvalue weighted by Gasteiger charge is -2.12. The first-order valence-electron chi connectivity index (χ1n) is 15.2. The van der Waals surface area contributed by atoms with Crippen LogP contribution in [0, 0.1) is 0 Å². The molecule has 5 heteroatoms. The monoisotopic (exact) mass is 636 g/mol. The van der Waals surface area contributed by atoms with E-state index in [4.69, 9.17) is 4.74 Å². The van der Waals surface area contributed by atoms with Crippen LogP contribution >= 0.6 is 0 Å². The van der Waals surface area contributed by atoms with Crippen LogP contribution in [0.15, 0.2) is 42.7 Å².